The minimum atomic E-state index is 0. The van der Waals surface area contributed by atoms with Crippen molar-refractivity contribution in [2.75, 3.05) is 13.1 Å². The van der Waals surface area contributed by atoms with Crippen molar-refractivity contribution in [1.29, 1.82) is 0 Å². The van der Waals surface area contributed by atoms with E-state index in [2.05, 4.69) is 81.9 Å². The summed E-state index contributed by atoms with van der Waals surface area (Å²) in [6.07, 6.45) is 8.02. The number of aromatic nitrogens is 2. The van der Waals surface area contributed by atoms with E-state index >= 15 is 0 Å². The van der Waals surface area contributed by atoms with Gasteiger partial charge in [-0.05, 0) is 78.0 Å². The summed E-state index contributed by atoms with van der Waals surface area (Å²) in [5.74, 6) is 7.47. The van der Waals surface area contributed by atoms with E-state index in [0.717, 1.165) is 13.5 Å². The molecule has 0 aliphatic heterocycles. The van der Waals surface area contributed by atoms with Crippen LogP contribution in [-0.2, 0) is 0 Å². The van der Waals surface area contributed by atoms with E-state index in [1.54, 1.807) is 12.4 Å². The van der Waals surface area contributed by atoms with E-state index in [-0.39, 0.29) is 101 Å². The van der Waals surface area contributed by atoms with Gasteiger partial charge in [0.05, 0.1) is 0 Å². The van der Waals surface area contributed by atoms with Crippen LogP contribution in [-0.4, -0.2) is 23.1 Å². The molecule has 0 fully saturated rings. The quantitative estimate of drug-likeness (QED) is 0.258. The topological polar surface area (TPSA) is 73.4 Å². The van der Waals surface area contributed by atoms with Crippen molar-refractivity contribution in [3.63, 3.8) is 0 Å². The van der Waals surface area contributed by atoms with Crippen LogP contribution in [0.2, 0.25) is 0 Å². The minimum Gasteiger partial charge on any atom is -0.667 e. The Morgan fingerprint density at radius 2 is 1.40 bits per heavy atom. The smallest absolute Gasteiger partial charge is 0.113 e. The molecule has 0 aliphatic carbocycles. The average Bonchev–Trinajstić information content (AvgIpc) is 2.58. The van der Waals surface area contributed by atoms with Crippen molar-refractivity contribution in [3.8, 4) is 24.2 Å². The summed E-state index contributed by atoms with van der Waals surface area (Å²) >= 11 is 9.74. The molecule has 4 nitrogen and oxygen atoms in total. The Balaban J connectivity index is -0.000000308. The van der Waals surface area contributed by atoms with Crippen LogP contribution in [0.3, 0.4) is 0 Å². The normalized spacial score (nSPS) is 7.52. The van der Waals surface area contributed by atoms with Gasteiger partial charge in [-0.2, -0.15) is 0 Å². The molecule has 0 amide bonds. The van der Waals surface area contributed by atoms with Gasteiger partial charge in [0.15, 0.2) is 0 Å². The van der Waals surface area contributed by atoms with Gasteiger partial charge in [-0.15, -0.1) is 18.3 Å². The van der Waals surface area contributed by atoms with Crippen LogP contribution in [0, 0.1) is 112 Å². The van der Waals surface area contributed by atoms with Crippen LogP contribution >= 0.6 is 47.8 Å². The second-order valence-corrected chi connectivity index (χ2v) is 6.16. The van der Waals surface area contributed by atoms with Crippen molar-refractivity contribution in [1.82, 2.24) is 9.97 Å². The van der Waals surface area contributed by atoms with E-state index in [0.29, 0.717) is 5.69 Å². The van der Waals surface area contributed by atoms with Crippen molar-refractivity contribution in [3.05, 3.63) is 67.4 Å². The van der Waals surface area contributed by atoms with Crippen LogP contribution in [0.1, 0.15) is 5.69 Å². The SMILES string of the molecule is Brc1ccc(Br)nc1.C#CC[NH-].[Ac].[Ac].[NH-]CC#Cc1ccc(Br)cn1. The standard InChI is InChI=1S/C8H6BrN2.C5H3Br2N.C3H4N.2Ac/c9-7-3-4-8(11-6-7)2-1-5-10;6-4-1-2-5(7)8-3-4;1-2-3-4;;/h3-4,6,10H,5H2;1-3H;1,4H,3H2;;/q-1;;-1;;. The van der Waals surface area contributed by atoms with Gasteiger partial charge in [0.25, 0.3) is 0 Å². The summed E-state index contributed by atoms with van der Waals surface area (Å²) < 4.78 is 2.80. The van der Waals surface area contributed by atoms with Gasteiger partial charge >= 0.3 is 0 Å². The molecule has 0 saturated carbocycles. The summed E-state index contributed by atoms with van der Waals surface area (Å²) in [6.45, 7) is 0.220. The van der Waals surface area contributed by atoms with Gasteiger partial charge in [0, 0.05) is 109 Å². The molecule has 0 saturated heterocycles. The monoisotopic (exact) mass is 952 g/mol. The fourth-order valence-corrected chi connectivity index (χ4v) is 1.65. The third-order valence-corrected chi connectivity index (χ3v) is 3.23. The Morgan fingerprint density at radius 1 is 0.880 bits per heavy atom. The third-order valence-electron chi connectivity index (χ3n) is 1.83. The Hall–Kier alpha value is 1.66. The molecule has 25 heavy (non-hydrogen) atoms. The number of nitrogens with one attached hydrogen (secondary N) is 2. The van der Waals surface area contributed by atoms with Gasteiger partial charge in [-0.25, -0.2) is 9.97 Å². The van der Waals surface area contributed by atoms with Crippen LogP contribution < -0.4 is 0 Å². The van der Waals surface area contributed by atoms with Crippen LogP contribution in [0.5, 0.6) is 0 Å². The Morgan fingerprint density at radius 3 is 1.72 bits per heavy atom. The summed E-state index contributed by atoms with van der Waals surface area (Å²) in [7, 11) is 0. The Kier molecular flexibility index (Phi) is 27.5. The predicted octanol–water partition coefficient (Wildman–Crippen LogP) is 5.53. The predicted molar refractivity (Wildman–Crippen MR) is 106 cm³/mol. The second kappa shape index (κ2) is 22.0. The van der Waals surface area contributed by atoms with Crippen LogP contribution in [0.25, 0.3) is 11.5 Å². The molecule has 0 aromatic carbocycles. The van der Waals surface area contributed by atoms with E-state index in [4.69, 9.17) is 11.5 Å². The number of terminal acetylenes is 1. The molecule has 9 heteroatoms. The van der Waals surface area contributed by atoms with Gasteiger partial charge in [0.2, 0.25) is 0 Å². The van der Waals surface area contributed by atoms with Gasteiger partial charge in [-0.1, -0.05) is 13.1 Å². The molecule has 0 aliphatic rings. The van der Waals surface area contributed by atoms with Crippen LogP contribution in [0.15, 0.2) is 50.2 Å². The number of hydrogen-bond acceptors (Lipinski definition) is 2. The maximum atomic E-state index is 6.78. The molecule has 2 heterocycles. The number of rotatable bonds is 0. The van der Waals surface area contributed by atoms with Crippen molar-refractivity contribution in [2.45, 2.75) is 0 Å². The Bertz CT molecular complexity index is 642. The molecule has 0 atom stereocenters. The van der Waals surface area contributed by atoms with E-state index < -0.39 is 0 Å². The fraction of sp³-hybridized carbons (Fsp3) is 0.125. The molecular weight excluding hydrogens is 942 g/mol. The zero-order valence-electron chi connectivity index (χ0n) is 13.1. The summed E-state index contributed by atoms with van der Waals surface area (Å²) in [5.41, 5.74) is 13.7. The molecule has 2 N–H and O–H groups in total. The Labute approximate surface area is 246 Å². The first-order valence-electron chi connectivity index (χ1n) is 6.13. The molecular formula is C16H13Ac2Br3N4-2. The molecule has 2 rings (SSSR count). The van der Waals surface area contributed by atoms with E-state index in [9.17, 15) is 0 Å². The van der Waals surface area contributed by atoms with Crippen LogP contribution in [0.4, 0.5) is 0 Å². The van der Waals surface area contributed by atoms with Gasteiger partial charge < -0.3 is 11.5 Å². The molecule has 0 unspecified atom stereocenters. The molecule has 2 aromatic rings. The largest absolute Gasteiger partial charge is 0.667 e. The van der Waals surface area contributed by atoms with Crippen molar-refractivity contribution >= 4 is 47.8 Å². The third kappa shape index (κ3) is 20.2. The minimum absolute atomic E-state index is 0. The maximum Gasteiger partial charge on any atom is 0.113 e. The van der Waals surface area contributed by atoms with Crippen molar-refractivity contribution < 1.29 is 88.1 Å². The maximum absolute atomic E-state index is 6.78. The molecule has 0 spiro atoms. The zero-order chi connectivity index (χ0) is 17.5. The number of nitrogens with zero attached hydrogens (tertiary/aromatic N) is 2. The first kappa shape index (κ1) is 31.4. The molecule has 2 aromatic heterocycles. The first-order valence-corrected chi connectivity index (χ1v) is 8.51. The summed E-state index contributed by atoms with van der Waals surface area (Å²) in [6, 6.07) is 7.49. The molecule has 126 valence electrons. The fourth-order valence-electron chi connectivity index (χ4n) is 0.942. The molecule has 2 radical (unpaired) electrons. The number of halogens is 3. The van der Waals surface area contributed by atoms with Gasteiger partial charge in [-0.3, -0.25) is 0 Å². The number of pyridine rings is 2. The number of hydrogen-bond donors (Lipinski definition) is 0. The van der Waals surface area contributed by atoms with Crippen molar-refractivity contribution in [2.24, 2.45) is 0 Å². The summed E-state index contributed by atoms with van der Waals surface area (Å²) in [5, 5.41) is 0. The van der Waals surface area contributed by atoms with E-state index in [1.807, 2.05) is 24.3 Å². The van der Waals surface area contributed by atoms with E-state index in [1.165, 1.54) is 0 Å². The van der Waals surface area contributed by atoms with Gasteiger partial charge in [0.1, 0.15) is 10.3 Å². The summed E-state index contributed by atoms with van der Waals surface area (Å²) in [4.78, 5) is 7.96. The molecule has 0 bridgehead atoms. The average molecular weight is 955 g/mol. The first-order chi connectivity index (χ1) is 11.0. The second-order valence-electron chi connectivity index (χ2n) is 3.52. The zero-order valence-corrected chi connectivity index (χ0v) is 27.4.